The highest BCUT2D eigenvalue weighted by Gasteiger charge is 2.17. The molecule has 0 radical (unpaired) electrons. The number of anilines is 1. The van der Waals surface area contributed by atoms with Crippen molar-refractivity contribution < 1.29 is 8.42 Å². The van der Waals surface area contributed by atoms with Gasteiger partial charge in [-0.15, -0.1) is 0 Å². The Balaban J connectivity index is 3.16. The number of benzene rings is 1. The van der Waals surface area contributed by atoms with Gasteiger partial charge in [0.05, 0.1) is 5.69 Å². The molecular formula is C10H16N2O2S. The summed E-state index contributed by atoms with van der Waals surface area (Å²) >= 11 is 0. The van der Waals surface area contributed by atoms with Gasteiger partial charge in [0.1, 0.15) is 4.90 Å². The van der Waals surface area contributed by atoms with Gasteiger partial charge in [-0.05, 0) is 38.5 Å². The molecule has 5 heteroatoms. The molecule has 0 aliphatic rings. The van der Waals surface area contributed by atoms with E-state index in [1.807, 2.05) is 6.92 Å². The zero-order valence-corrected chi connectivity index (χ0v) is 9.93. The lowest BCUT2D eigenvalue weighted by Gasteiger charge is -2.11. The third kappa shape index (κ3) is 2.94. The molecule has 0 saturated carbocycles. The van der Waals surface area contributed by atoms with E-state index in [4.69, 9.17) is 5.73 Å². The van der Waals surface area contributed by atoms with Gasteiger partial charge < -0.3 is 5.73 Å². The largest absolute Gasteiger partial charge is 0.398 e. The van der Waals surface area contributed by atoms with Crippen LogP contribution in [0.15, 0.2) is 23.1 Å². The Morgan fingerprint density at radius 1 is 1.33 bits per heavy atom. The molecule has 0 fully saturated rings. The molecule has 1 rings (SSSR count). The smallest absolute Gasteiger partial charge is 0.242 e. The molecule has 0 atom stereocenters. The first-order valence-corrected chi connectivity index (χ1v) is 6.19. The van der Waals surface area contributed by atoms with E-state index in [9.17, 15) is 8.42 Å². The number of aryl methyl sites for hydroxylation is 1. The summed E-state index contributed by atoms with van der Waals surface area (Å²) in [7, 11) is -3.48. The molecular weight excluding hydrogens is 212 g/mol. The Morgan fingerprint density at radius 2 is 1.93 bits per heavy atom. The van der Waals surface area contributed by atoms with Crippen LogP contribution in [0.4, 0.5) is 5.69 Å². The summed E-state index contributed by atoms with van der Waals surface area (Å²) in [6.07, 6.45) is 0. The first-order chi connectivity index (χ1) is 6.83. The van der Waals surface area contributed by atoms with E-state index in [1.165, 1.54) is 6.07 Å². The molecule has 0 bridgehead atoms. The lowest BCUT2D eigenvalue weighted by atomic mass is 10.2. The van der Waals surface area contributed by atoms with E-state index in [0.29, 0.717) is 0 Å². The highest BCUT2D eigenvalue weighted by atomic mass is 32.2. The predicted octanol–water partition coefficient (Wildman–Crippen LogP) is 1.26. The quantitative estimate of drug-likeness (QED) is 0.765. The molecule has 84 valence electrons. The molecule has 0 aliphatic heterocycles. The van der Waals surface area contributed by atoms with Crippen molar-refractivity contribution in [3.63, 3.8) is 0 Å². The minimum absolute atomic E-state index is 0.141. The van der Waals surface area contributed by atoms with E-state index in [1.54, 1.807) is 26.0 Å². The second-order valence-corrected chi connectivity index (χ2v) is 5.50. The Labute approximate surface area is 90.5 Å². The van der Waals surface area contributed by atoms with Crippen molar-refractivity contribution in [1.82, 2.24) is 4.72 Å². The van der Waals surface area contributed by atoms with Gasteiger partial charge in [-0.25, -0.2) is 13.1 Å². The normalized spacial score (nSPS) is 12.0. The summed E-state index contributed by atoms with van der Waals surface area (Å²) in [5, 5.41) is 0. The summed E-state index contributed by atoms with van der Waals surface area (Å²) in [5.41, 5.74) is 6.89. The Kier molecular flexibility index (Phi) is 3.36. The molecule has 1 aromatic rings. The van der Waals surface area contributed by atoms with Crippen LogP contribution in [0.3, 0.4) is 0 Å². The molecule has 15 heavy (non-hydrogen) atoms. The van der Waals surface area contributed by atoms with E-state index < -0.39 is 10.0 Å². The van der Waals surface area contributed by atoms with Crippen LogP contribution in [0.5, 0.6) is 0 Å². The van der Waals surface area contributed by atoms with Crippen LogP contribution in [0.25, 0.3) is 0 Å². The van der Waals surface area contributed by atoms with E-state index in [-0.39, 0.29) is 16.6 Å². The minimum Gasteiger partial charge on any atom is -0.398 e. The Morgan fingerprint density at radius 3 is 2.40 bits per heavy atom. The molecule has 3 N–H and O–H groups in total. The van der Waals surface area contributed by atoms with Crippen LogP contribution in [0, 0.1) is 6.92 Å². The first-order valence-electron chi connectivity index (χ1n) is 4.71. The lowest BCUT2D eigenvalue weighted by Crippen LogP contribution is -2.30. The third-order valence-electron chi connectivity index (χ3n) is 1.85. The van der Waals surface area contributed by atoms with Crippen LogP contribution in [-0.4, -0.2) is 14.5 Å². The molecule has 0 aliphatic carbocycles. The van der Waals surface area contributed by atoms with Gasteiger partial charge in [0.2, 0.25) is 10.0 Å². The van der Waals surface area contributed by atoms with Crippen LogP contribution in [0.2, 0.25) is 0 Å². The van der Waals surface area contributed by atoms with Crippen LogP contribution in [0.1, 0.15) is 19.4 Å². The molecule has 1 aromatic carbocycles. The van der Waals surface area contributed by atoms with Gasteiger partial charge in [0.15, 0.2) is 0 Å². The maximum Gasteiger partial charge on any atom is 0.242 e. The Hall–Kier alpha value is -1.07. The van der Waals surface area contributed by atoms with Crippen molar-refractivity contribution in [2.24, 2.45) is 0 Å². The number of nitrogen functional groups attached to an aromatic ring is 1. The fourth-order valence-corrected chi connectivity index (χ4v) is 2.65. The molecule has 0 saturated heterocycles. The molecule has 0 heterocycles. The fraction of sp³-hybridized carbons (Fsp3) is 0.400. The summed E-state index contributed by atoms with van der Waals surface area (Å²) in [4.78, 5) is 0.141. The van der Waals surface area contributed by atoms with Crippen LogP contribution < -0.4 is 10.5 Å². The number of hydrogen-bond acceptors (Lipinski definition) is 3. The monoisotopic (exact) mass is 228 g/mol. The van der Waals surface area contributed by atoms with Gasteiger partial charge >= 0.3 is 0 Å². The zero-order valence-electron chi connectivity index (χ0n) is 9.11. The molecule has 0 spiro atoms. The van der Waals surface area contributed by atoms with Gasteiger partial charge in [-0.1, -0.05) is 6.07 Å². The minimum atomic E-state index is -3.48. The number of sulfonamides is 1. The van der Waals surface area contributed by atoms with Crippen molar-refractivity contribution in [3.8, 4) is 0 Å². The van der Waals surface area contributed by atoms with Gasteiger partial charge in [-0.2, -0.15) is 0 Å². The number of hydrogen-bond donors (Lipinski definition) is 2. The molecule has 0 aromatic heterocycles. The van der Waals surface area contributed by atoms with Crippen molar-refractivity contribution >= 4 is 15.7 Å². The molecule has 4 nitrogen and oxygen atoms in total. The summed E-state index contributed by atoms with van der Waals surface area (Å²) in [6.45, 7) is 5.40. The van der Waals surface area contributed by atoms with Crippen LogP contribution in [-0.2, 0) is 10.0 Å². The number of nitrogens with two attached hydrogens (primary N) is 1. The highest BCUT2D eigenvalue weighted by Crippen LogP contribution is 2.19. The topological polar surface area (TPSA) is 72.2 Å². The second kappa shape index (κ2) is 4.20. The van der Waals surface area contributed by atoms with E-state index in [0.717, 1.165) is 5.56 Å². The van der Waals surface area contributed by atoms with Gasteiger partial charge in [0, 0.05) is 6.04 Å². The van der Waals surface area contributed by atoms with E-state index in [2.05, 4.69) is 4.72 Å². The van der Waals surface area contributed by atoms with Crippen molar-refractivity contribution in [3.05, 3.63) is 23.8 Å². The highest BCUT2D eigenvalue weighted by molar-refractivity contribution is 7.89. The SMILES string of the molecule is Cc1ccc(S(=O)(=O)NC(C)C)c(N)c1. The van der Waals surface area contributed by atoms with Crippen molar-refractivity contribution in [2.45, 2.75) is 31.7 Å². The maximum absolute atomic E-state index is 11.8. The predicted molar refractivity (Wildman–Crippen MR) is 61.0 cm³/mol. The van der Waals surface area contributed by atoms with Gasteiger partial charge in [0.25, 0.3) is 0 Å². The zero-order chi connectivity index (χ0) is 11.6. The number of rotatable bonds is 3. The third-order valence-corrected chi connectivity index (χ3v) is 3.58. The van der Waals surface area contributed by atoms with Crippen molar-refractivity contribution in [1.29, 1.82) is 0 Å². The Bertz CT molecular complexity index is 452. The summed E-state index contributed by atoms with van der Waals surface area (Å²) < 4.78 is 26.1. The standard InChI is InChI=1S/C10H16N2O2S/c1-7(2)12-15(13,14)10-5-4-8(3)6-9(10)11/h4-7,12H,11H2,1-3H3. The van der Waals surface area contributed by atoms with Crippen molar-refractivity contribution in [2.75, 3.05) is 5.73 Å². The summed E-state index contributed by atoms with van der Waals surface area (Å²) in [6, 6.07) is 4.76. The van der Waals surface area contributed by atoms with Gasteiger partial charge in [-0.3, -0.25) is 0 Å². The average Bonchev–Trinajstić information content (AvgIpc) is 1.99. The summed E-state index contributed by atoms with van der Waals surface area (Å²) in [5.74, 6) is 0. The fourth-order valence-electron chi connectivity index (χ4n) is 1.29. The lowest BCUT2D eigenvalue weighted by molar-refractivity contribution is 0.570. The second-order valence-electron chi connectivity index (χ2n) is 3.82. The maximum atomic E-state index is 11.8. The average molecular weight is 228 g/mol. The first kappa shape index (κ1) is 12.0. The number of nitrogens with one attached hydrogen (secondary N) is 1. The molecule has 0 amide bonds. The molecule has 0 unspecified atom stereocenters. The van der Waals surface area contributed by atoms with E-state index >= 15 is 0 Å². The van der Waals surface area contributed by atoms with Crippen LogP contribution >= 0.6 is 0 Å².